The third kappa shape index (κ3) is 1.78. The first-order valence-corrected chi connectivity index (χ1v) is 4.10. The lowest BCUT2D eigenvalue weighted by molar-refractivity contribution is 0.210. The van der Waals surface area contributed by atoms with E-state index in [0.717, 1.165) is 5.56 Å². The lowest BCUT2D eigenvalue weighted by Crippen LogP contribution is -2.37. The lowest BCUT2D eigenvalue weighted by atomic mass is 9.94. The second-order valence-corrected chi connectivity index (χ2v) is 3.46. The van der Waals surface area contributed by atoms with E-state index in [4.69, 9.17) is 22.4 Å². The molecule has 0 aromatic heterocycles. The zero-order valence-corrected chi connectivity index (χ0v) is 7.67. The van der Waals surface area contributed by atoms with Gasteiger partial charge in [0.25, 0.3) is 0 Å². The van der Waals surface area contributed by atoms with Crippen molar-refractivity contribution in [3.05, 3.63) is 34.9 Å². The molecule has 0 heterocycles. The van der Waals surface area contributed by atoms with E-state index in [0.29, 0.717) is 5.02 Å². The van der Waals surface area contributed by atoms with E-state index in [-0.39, 0.29) is 6.61 Å². The van der Waals surface area contributed by atoms with Gasteiger partial charge in [0.05, 0.1) is 12.1 Å². The fraction of sp³-hybridized carbons (Fsp3) is 0.333. The lowest BCUT2D eigenvalue weighted by Gasteiger charge is -2.23. The topological polar surface area (TPSA) is 46.2 Å². The van der Waals surface area contributed by atoms with E-state index in [1.54, 1.807) is 13.0 Å². The minimum atomic E-state index is -0.752. The van der Waals surface area contributed by atoms with Gasteiger partial charge in [-0.15, -0.1) is 0 Å². The molecule has 1 atom stereocenters. The number of halogens is 1. The summed E-state index contributed by atoms with van der Waals surface area (Å²) in [4.78, 5) is 0. The van der Waals surface area contributed by atoms with Crippen LogP contribution >= 0.6 is 11.6 Å². The molecule has 3 N–H and O–H groups in total. The van der Waals surface area contributed by atoms with Gasteiger partial charge in [0.1, 0.15) is 0 Å². The van der Waals surface area contributed by atoms with Crippen LogP contribution in [0.5, 0.6) is 0 Å². The number of rotatable bonds is 2. The normalized spacial score (nSPS) is 15.7. The van der Waals surface area contributed by atoms with Gasteiger partial charge in [-0.05, 0) is 18.6 Å². The van der Waals surface area contributed by atoms with Crippen molar-refractivity contribution in [2.24, 2.45) is 5.73 Å². The maximum absolute atomic E-state index is 8.99. The molecule has 0 aliphatic rings. The molecule has 1 rings (SSSR count). The Morgan fingerprint density at radius 3 is 2.58 bits per heavy atom. The van der Waals surface area contributed by atoms with E-state index in [1.165, 1.54) is 0 Å². The molecule has 0 bridgehead atoms. The van der Waals surface area contributed by atoms with Crippen molar-refractivity contribution in [1.82, 2.24) is 0 Å². The molecule has 12 heavy (non-hydrogen) atoms. The molecule has 2 nitrogen and oxygen atoms in total. The number of aliphatic hydroxyl groups is 1. The van der Waals surface area contributed by atoms with Crippen molar-refractivity contribution < 1.29 is 5.11 Å². The molecule has 0 saturated carbocycles. The van der Waals surface area contributed by atoms with Gasteiger partial charge in [0.15, 0.2) is 0 Å². The zero-order chi connectivity index (χ0) is 9.19. The molecule has 3 heteroatoms. The van der Waals surface area contributed by atoms with Crippen molar-refractivity contribution in [3.63, 3.8) is 0 Å². The van der Waals surface area contributed by atoms with Crippen molar-refractivity contribution in [2.75, 3.05) is 6.61 Å². The fourth-order valence-electron chi connectivity index (χ4n) is 1.01. The minimum absolute atomic E-state index is 0.114. The van der Waals surface area contributed by atoms with Gasteiger partial charge in [-0.25, -0.2) is 0 Å². The van der Waals surface area contributed by atoms with Crippen molar-refractivity contribution in [3.8, 4) is 0 Å². The number of aliphatic hydroxyl groups excluding tert-OH is 1. The van der Waals surface area contributed by atoms with E-state index < -0.39 is 5.54 Å². The summed E-state index contributed by atoms with van der Waals surface area (Å²) < 4.78 is 0. The molecular formula is C9H12ClNO. The molecule has 0 spiro atoms. The second-order valence-electron chi connectivity index (χ2n) is 3.06. The zero-order valence-electron chi connectivity index (χ0n) is 6.92. The largest absolute Gasteiger partial charge is 0.394 e. The average molecular weight is 186 g/mol. The highest BCUT2D eigenvalue weighted by molar-refractivity contribution is 6.31. The Bertz CT molecular complexity index is 273. The van der Waals surface area contributed by atoms with Crippen LogP contribution in [-0.4, -0.2) is 11.7 Å². The molecular weight excluding hydrogens is 174 g/mol. The molecule has 1 aromatic carbocycles. The van der Waals surface area contributed by atoms with Crippen molar-refractivity contribution in [1.29, 1.82) is 0 Å². The Morgan fingerprint density at radius 2 is 2.08 bits per heavy atom. The molecule has 66 valence electrons. The smallest absolute Gasteiger partial charge is 0.0650 e. The third-order valence-electron chi connectivity index (χ3n) is 1.82. The van der Waals surface area contributed by atoms with Crippen LogP contribution in [0.2, 0.25) is 5.02 Å². The Morgan fingerprint density at radius 1 is 1.50 bits per heavy atom. The summed E-state index contributed by atoms with van der Waals surface area (Å²) in [7, 11) is 0. The van der Waals surface area contributed by atoms with Gasteiger partial charge < -0.3 is 10.8 Å². The average Bonchev–Trinajstić information content (AvgIpc) is 2.05. The maximum atomic E-state index is 8.99. The summed E-state index contributed by atoms with van der Waals surface area (Å²) in [6, 6.07) is 7.26. The Labute approximate surface area is 77.0 Å². The molecule has 1 aromatic rings. The molecule has 0 saturated heterocycles. The minimum Gasteiger partial charge on any atom is -0.394 e. The van der Waals surface area contributed by atoms with Crippen LogP contribution in [0, 0.1) is 0 Å². The van der Waals surface area contributed by atoms with Gasteiger partial charge in [-0.2, -0.15) is 0 Å². The van der Waals surface area contributed by atoms with E-state index >= 15 is 0 Å². The van der Waals surface area contributed by atoms with Crippen LogP contribution in [0.15, 0.2) is 24.3 Å². The van der Waals surface area contributed by atoms with Crippen LogP contribution in [0.4, 0.5) is 0 Å². The predicted octanol–water partition coefficient (Wildman–Crippen LogP) is 1.51. The molecule has 1 unspecified atom stereocenters. The highest BCUT2D eigenvalue weighted by Gasteiger charge is 2.21. The Balaban J connectivity index is 3.10. The summed E-state index contributed by atoms with van der Waals surface area (Å²) in [6.45, 7) is 1.63. The molecule has 0 aliphatic carbocycles. The summed E-state index contributed by atoms with van der Waals surface area (Å²) in [5, 5.41) is 9.58. The van der Waals surface area contributed by atoms with E-state index in [9.17, 15) is 0 Å². The van der Waals surface area contributed by atoms with Gasteiger partial charge in [-0.1, -0.05) is 29.8 Å². The highest BCUT2D eigenvalue weighted by atomic mass is 35.5. The maximum Gasteiger partial charge on any atom is 0.0650 e. The van der Waals surface area contributed by atoms with Gasteiger partial charge in [0, 0.05) is 5.02 Å². The SMILES string of the molecule is CC(N)(CO)c1ccccc1Cl. The summed E-state index contributed by atoms with van der Waals surface area (Å²) in [5.74, 6) is 0. The van der Waals surface area contributed by atoms with Crippen LogP contribution in [-0.2, 0) is 5.54 Å². The predicted molar refractivity (Wildman–Crippen MR) is 50.1 cm³/mol. The van der Waals surface area contributed by atoms with Crippen LogP contribution < -0.4 is 5.73 Å². The van der Waals surface area contributed by atoms with Crippen LogP contribution in [0.3, 0.4) is 0 Å². The Kier molecular flexibility index (Phi) is 2.73. The summed E-state index contributed by atoms with van der Waals surface area (Å²) in [5.41, 5.74) is 5.82. The molecule has 0 fully saturated rings. The first-order chi connectivity index (χ1) is 5.58. The number of nitrogens with two attached hydrogens (primary N) is 1. The van der Waals surface area contributed by atoms with E-state index in [1.807, 2.05) is 18.2 Å². The number of hydrogen-bond acceptors (Lipinski definition) is 2. The third-order valence-corrected chi connectivity index (χ3v) is 2.15. The molecule has 0 aliphatic heterocycles. The second kappa shape index (κ2) is 3.44. The van der Waals surface area contributed by atoms with Crippen LogP contribution in [0.1, 0.15) is 12.5 Å². The van der Waals surface area contributed by atoms with Gasteiger partial charge in [0.2, 0.25) is 0 Å². The first-order valence-electron chi connectivity index (χ1n) is 3.72. The number of benzene rings is 1. The van der Waals surface area contributed by atoms with Gasteiger partial charge >= 0.3 is 0 Å². The van der Waals surface area contributed by atoms with Crippen molar-refractivity contribution >= 4 is 11.6 Å². The fourth-order valence-corrected chi connectivity index (χ4v) is 1.36. The molecule has 0 radical (unpaired) electrons. The monoisotopic (exact) mass is 185 g/mol. The van der Waals surface area contributed by atoms with Crippen molar-refractivity contribution in [2.45, 2.75) is 12.5 Å². The Hall–Kier alpha value is -0.570. The first kappa shape index (κ1) is 9.52. The van der Waals surface area contributed by atoms with Crippen LogP contribution in [0.25, 0.3) is 0 Å². The summed E-state index contributed by atoms with van der Waals surface area (Å²) >= 11 is 5.90. The van der Waals surface area contributed by atoms with E-state index in [2.05, 4.69) is 0 Å². The highest BCUT2D eigenvalue weighted by Crippen LogP contribution is 2.24. The van der Waals surface area contributed by atoms with Gasteiger partial charge in [-0.3, -0.25) is 0 Å². The molecule has 0 amide bonds. The number of hydrogen-bond donors (Lipinski definition) is 2. The standard InChI is InChI=1S/C9H12ClNO/c1-9(11,6-12)7-4-2-3-5-8(7)10/h2-5,12H,6,11H2,1H3. The summed E-state index contributed by atoms with van der Waals surface area (Å²) in [6.07, 6.45) is 0. The quantitative estimate of drug-likeness (QED) is 0.734.